The summed E-state index contributed by atoms with van der Waals surface area (Å²) in [6.45, 7) is 6.74. The van der Waals surface area contributed by atoms with E-state index in [4.69, 9.17) is 4.98 Å². The molecule has 29 heavy (non-hydrogen) atoms. The molecule has 1 fully saturated rings. The van der Waals surface area contributed by atoms with Gasteiger partial charge in [-0.1, -0.05) is 87.9 Å². The predicted octanol–water partition coefficient (Wildman–Crippen LogP) is 6.70. The smallest absolute Gasteiger partial charge is 0.0936 e. The Labute approximate surface area is 174 Å². The molecule has 0 aliphatic heterocycles. The first-order valence-electron chi connectivity index (χ1n) is 10.8. The van der Waals surface area contributed by atoms with Gasteiger partial charge < -0.3 is 5.11 Å². The molecule has 1 N–H and O–H groups in total. The summed E-state index contributed by atoms with van der Waals surface area (Å²) >= 11 is 0. The van der Waals surface area contributed by atoms with Crippen LogP contribution >= 0.6 is 0 Å². The highest BCUT2D eigenvalue weighted by atomic mass is 16.3. The lowest BCUT2D eigenvalue weighted by molar-refractivity contribution is -0.0861. The molecular weight excluding hydrogens is 354 g/mol. The first-order chi connectivity index (χ1) is 14.0. The van der Waals surface area contributed by atoms with Crippen LogP contribution in [0.4, 0.5) is 0 Å². The second-order valence-corrected chi connectivity index (χ2v) is 8.98. The molecule has 2 heteroatoms. The van der Waals surface area contributed by atoms with Gasteiger partial charge in [0, 0.05) is 11.1 Å². The van der Waals surface area contributed by atoms with Crippen LogP contribution in [0.3, 0.4) is 0 Å². The van der Waals surface area contributed by atoms with E-state index in [2.05, 4.69) is 75.4 Å². The quantitative estimate of drug-likeness (QED) is 0.542. The van der Waals surface area contributed by atoms with Crippen LogP contribution < -0.4 is 0 Å². The van der Waals surface area contributed by atoms with E-state index in [-0.39, 0.29) is 5.92 Å². The zero-order valence-corrected chi connectivity index (χ0v) is 17.7. The highest BCUT2D eigenvalue weighted by Crippen LogP contribution is 2.49. The van der Waals surface area contributed by atoms with Gasteiger partial charge in [-0.2, -0.15) is 0 Å². The van der Waals surface area contributed by atoms with Crippen molar-refractivity contribution in [3.05, 3.63) is 78.4 Å². The van der Waals surface area contributed by atoms with Gasteiger partial charge in [-0.3, -0.25) is 0 Å². The molecular formula is C27H31NO. The van der Waals surface area contributed by atoms with Gasteiger partial charge in [0.25, 0.3) is 0 Å². The summed E-state index contributed by atoms with van der Waals surface area (Å²) < 4.78 is 0. The van der Waals surface area contributed by atoms with Gasteiger partial charge in [0.2, 0.25) is 0 Å². The van der Waals surface area contributed by atoms with Gasteiger partial charge in [-0.05, 0) is 48.3 Å². The second-order valence-electron chi connectivity index (χ2n) is 8.98. The average molecular weight is 386 g/mol. The predicted molar refractivity (Wildman–Crippen MR) is 120 cm³/mol. The summed E-state index contributed by atoms with van der Waals surface area (Å²) in [5, 5.41) is 12.0. The SMILES string of the molecule is CC1CC[C@@H](C(C)C)[C@](O)(c2ccccc2-c2cccc(-c3ccccc3)n2)C1. The first kappa shape index (κ1) is 19.8. The summed E-state index contributed by atoms with van der Waals surface area (Å²) in [6.07, 6.45) is 3.07. The maximum atomic E-state index is 12.0. The van der Waals surface area contributed by atoms with Crippen molar-refractivity contribution < 1.29 is 5.11 Å². The van der Waals surface area contributed by atoms with Crippen LogP contribution in [-0.4, -0.2) is 10.1 Å². The van der Waals surface area contributed by atoms with Gasteiger partial charge in [-0.15, -0.1) is 0 Å². The van der Waals surface area contributed by atoms with Gasteiger partial charge in [0.05, 0.1) is 17.0 Å². The fourth-order valence-corrected chi connectivity index (χ4v) is 5.12. The maximum absolute atomic E-state index is 12.0. The molecule has 1 unspecified atom stereocenters. The van der Waals surface area contributed by atoms with Crippen molar-refractivity contribution in [1.82, 2.24) is 4.98 Å². The minimum absolute atomic E-state index is 0.261. The zero-order chi connectivity index (χ0) is 20.4. The Bertz CT molecular complexity index is 965. The van der Waals surface area contributed by atoms with E-state index in [1.807, 2.05) is 18.2 Å². The number of nitrogens with zero attached hydrogens (tertiary/aromatic N) is 1. The van der Waals surface area contributed by atoms with Crippen LogP contribution in [0.5, 0.6) is 0 Å². The third-order valence-corrected chi connectivity index (χ3v) is 6.54. The summed E-state index contributed by atoms with van der Waals surface area (Å²) in [7, 11) is 0. The number of benzene rings is 2. The molecule has 1 heterocycles. The fraction of sp³-hybridized carbons (Fsp3) is 0.370. The summed E-state index contributed by atoms with van der Waals surface area (Å²) in [5.74, 6) is 1.22. The number of rotatable bonds is 4. The van der Waals surface area contributed by atoms with Crippen LogP contribution in [0.1, 0.15) is 45.6 Å². The highest BCUT2D eigenvalue weighted by molar-refractivity contribution is 5.69. The van der Waals surface area contributed by atoms with Gasteiger partial charge in [-0.25, -0.2) is 4.98 Å². The third kappa shape index (κ3) is 3.86. The van der Waals surface area contributed by atoms with Crippen molar-refractivity contribution in [3.63, 3.8) is 0 Å². The molecule has 4 rings (SSSR count). The lowest BCUT2D eigenvalue weighted by Crippen LogP contribution is -2.43. The molecule has 3 aromatic rings. The molecule has 0 amide bonds. The van der Waals surface area contributed by atoms with E-state index in [0.29, 0.717) is 11.8 Å². The Kier molecular flexibility index (Phi) is 5.56. The lowest BCUT2D eigenvalue weighted by atomic mass is 9.63. The van der Waals surface area contributed by atoms with E-state index < -0.39 is 5.60 Å². The van der Waals surface area contributed by atoms with Gasteiger partial charge in [0.1, 0.15) is 0 Å². The van der Waals surface area contributed by atoms with Crippen LogP contribution in [0.25, 0.3) is 22.5 Å². The zero-order valence-electron chi connectivity index (χ0n) is 17.7. The Balaban J connectivity index is 1.82. The van der Waals surface area contributed by atoms with Crippen LogP contribution in [0.2, 0.25) is 0 Å². The second kappa shape index (κ2) is 8.12. The number of aromatic nitrogens is 1. The molecule has 1 aliphatic rings. The maximum Gasteiger partial charge on any atom is 0.0936 e. The molecule has 1 aromatic heterocycles. The van der Waals surface area contributed by atoms with E-state index >= 15 is 0 Å². The van der Waals surface area contributed by atoms with E-state index in [9.17, 15) is 5.11 Å². The topological polar surface area (TPSA) is 33.1 Å². The van der Waals surface area contributed by atoms with Crippen LogP contribution in [-0.2, 0) is 5.60 Å². The standard InChI is InChI=1S/C27H31NO/c1-19(2)23-17-16-20(3)18-27(23,29)24-13-8-7-12-22(24)26-15-9-14-25(28-26)21-10-5-4-6-11-21/h4-15,19-20,23,29H,16-18H2,1-3H3/t20?,23-,27-/m0/s1. The van der Waals surface area contributed by atoms with Crippen molar-refractivity contribution in [2.75, 3.05) is 0 Å². The molecule has 2 nitrogen and oxygen atoms in total. The van der Waals surface area contributed by atoms with E-state index in [1.54, 1.807) is 0 Å². The monoisotopic (exact) mass is 385 g/mol. The lowest BCUT2D eigenvalue weighted by Gasteiger charge is -2.45. The number of aliphatic hydroxyl groups is 1. The molecule has 150 valence electrons. The third-order valence-electron chi connectivity index (χ3n) is 6.54. The number of hydrogen-bond acceptors (Lipinski definition) is 2. The van der Waals surface area contributed by atoms with Crippen molar-refractivity contribution in [3.8, 4) is 22.5 Å². The molecule has 2 aromatic carbocycles. The van der Waals surface area contributed by atoms with Crippen molar-refractivity contribution >= 4 is 0 Å². The fourth-order valence-electron chi connectivity index (χ4n) is 5.12. The minimum atomic E-state index is -0.813. The van der Waals surface area contributed by atoms with Crippen LogP contribution in [0.15, 0.2) is 72.8 Å². The van der Waals surface area contributed by atoms with E-state index in [1.165, 1.54) is 6.42 Å². The van der Waals surface area contributed by atoms with Crippen molar-refractivity contribution in [2.45, 2.75) is 45.6 Å². The normalized spacial score (nSPS) is 24.6. The Morgan fingerprint density at radius 2 is 1.55 bits per heavy atom. The Morgan fingerprint density at radius 1 is 0.862 bits per heavy atom. The van der Waals surface area contributed by atoms with Crippen molar-refractivity contribution in [1.29, 1.82) is 0 Å². The summed E-state index contributed by atoms with van der Waals surface area (Å²) in [6, 6.07) is 24.8. The number of pyridine rings is 1. The van der Waals surface area contributed by atoms with Gasteiger partial charge >= 0.3 is 0 Å². The van der Waals surface area contributed by atoms with Crippen LogP contribution in [0, 0.1) is 17.8 Å². The number of hydrogen-bond donors (Lipinski definition) is 1. The largest absolute Gasteiger partial charge is 0.385 e. The molecule has 0 spiro atoms. The van der Waals surface area contributed by atoms with Crippen molar-refractivity contribution in [2.24, 2.45) is 17.8 Å². The minimum Gasteiger partial charge on any atom is -0.385 e. The van der Waals surface area contributed by atoms with E-state index in [0.717, 1.165) is 40.9 Å². The first-order valence-corrected chi connectivity index (χ1v) is 10.8. The Hall–Kier alpha value is -2.45. The Morgan fingerprint density at radius 3 is 2.31 bits per heavy atom. The highest BCUT2D eigenvalue weighted by Gasteiger charge is 2.45. The molecule has 0 saturated heterocycles. The molecule has 3 atom stereocenters. The molecule has 0 radical (unpaired) electrons. The average Bonchev–Trinajstić information content (AvgIpc) is 2.74. The molecule has 1 aliphatic carbocycles. The molecule has 0 bridgehead atoms. The molecule has 1 saturated carbocycles. The van der Waals surface area contributed by atoms with Gasteiger partial charge in [0.15, 0.2) is 0 Å². The summed E-state index contributed by atoms with van der Waals surface area (Å²) in [4.78, 5) is 4.98. The summed E-state index contributed by atoms with van der Waals surface area (Å²) in [5.41, 5.74) is 4.26.